The highest BCUT2D eigenvalue weighted by Gasteiger charge is 2.76. The van der Waals surface area contributed by atoms with Gasteiger partial charge in [-0.2, -0.15) is 0 Å². The molecule has 4 amide bonds. The maximum Gasteiger partial charge on any atom is 0.254 e. The lowest BCUT2D eigenvalue weighted by atomic mass is 9.56. The van der Waals surface area contributed by atoms with E-state index in [1.165, 1.54) is 11.0 Å². The molecule has 11 heteroatoms. The van der Waals surface area contributed by atoms with Crippen molar-refractivity contribution >= 4 is 78.7 Å². The lowest BCUT2D eigenvalue weighted by Gasteiger charge is -2.50. The van der Waals surface area contributed by atoms with Crippen LogP contribution in [-0.2, 0) is 19.2 Å². The van der Waals surface area contributed by atoms with E-state index in [2.05, 4.69) is 31.9 Å². The summed E-state index contributed by atoms with van der Waals surface area (Å²) < 4.78 is 0.645. The van der Waals surface area contributed by atoms with Crippen LogP contribution in [-0.4, -0.2) is 59.8 Å². The Morgan fingerprint density at radius 1 is 1.00 bits per heavy atom. The highest BCUT2D eigenvalue weighted by atomic mass is 79.9. The smallest absolute Gasteiger partial charge is 0.254 e. The molecule has 6 atom stereocenters. The van der Waals surface area contributed by atoms with Crippen molar-refractivity contribution in [2.24, 2.45) is 17.8 Å². The fourth-order valence-electron chi connectivity index (χ4n) is 7.58. The second-order valence-corrected chi connectivity index (χ2v) is 13.7. The van der Waals surface area contributed by atoms with Crippen molar-refractivity contribution in [2.75, 3.05) is 5.45 Å². The first kappa shape index (κ1) is 26.8. The summed E-state index contributed by atoms with van der Waals surface area (Å²) in [4.78, 5) is 53.7. The number of carbonyl (C=O) groups is 4. The monoisotopic (exact) mass is 686 g/mol. The number of fused-ring (bicyclic) bond motifs is 4. The molecule has 6 rings (SSSR count). The average molecular weight is 689 g/mol. The molecule has 2 aliphatic heterocycles. The van der Waals surface area contributed by atoms with E-state index in [1.54, 1.807) is 12.1 Å². The van der Waals surface area contributed by atoms with Gasteiger partial charge < -0.3 is 5.11 Å². The molecule has 4 fully saturated rings. The van der Waals surface area contributed by atoms with Crippen molar-refractivity contribution in [1.82, 2.24) is 9.80 Å². The van der Waals surface area contributed by atoms with Crippen LogP contribution in [0.1, 0.15) is 56.4 Å². The van der Waals surface area contributed by atoms with Crippen LogP contribution in [0.4, 0.5) is 0 Å². The van der Waals surface area contributed by atoms with E-state index in [4.69, 9.17) is 23.2 Å². The number of likely N-dealkylation sites (tertiary alicyclic amines) is 2. The Kier molecular flexibility index (Phi) is 6.57. The van der Waals surface area contributed by atoms with Gasteiger partial charge in [0, 0.05) is 22.0 Å². The van der Waals surface area contributed by atoms with Crippen LogP contribution in [0.15, 0.2) is 34.3 Å². The third-order valence-corrected chi connectivity index (χ3v) is 11.7. The summed E-state index contributed by atoms with van der Waals surface area (Å²) in [6.07, 6.45) is 6.81. The largest absolute Gasteiger partial charge is 0.508 e. The number of aromatic hydroxyl groups is 1. The van der Waals surface area contributed by atoms with Gasteiger partial charge in [-0.3, -0.25) is 29.0 Å². The maximum absolute atomic E-state index is 14.0. The minimum absolute atomic E-state index is 0.0537. The summed E-state index contributed by atoms with van der Waals surface area (Å²) in [5.74, 6) is -4.59. The zero-order chi connectivity index (χ0) is 27.1. The Bertz CT molecular complexity index is 1300. The van der Waals surface area contributed by atoms with Gasteiger partial charge in [-0.15, -0.1) is 23.2 Å². The summed E-state index contributed by atoms with van der Waals surface area (Å²) in [6, 6.07) is 4.71. The van der Waals surface area contributed by atoms with Crippen molar-refractivity contribution < 1.29 is 24.3 Å². The lowest BCUT2D eigenvalue weighted by Crippen LogP contribution is -2.60. The number of alkyl halides is 3. The molecule has 0 spiro atoms. The first-order chi connectivity index (χ1) is 18.1. The number of amides is 4. The van der Waals surface area contributed by atoms with Crippen LogP contribution in [0.3, 0.4) is 0 Å². The van der Waals surface area contributed by atoms with Gasteiger partial charge in [-0.1, -0.05) is 62.8 Å². The number of phenols is 1. The molecular formula is C27H26Br2Cl2N2O5. The van der Waals surface area contributed by atoms with Gasteiger partial charge >= 0.3 is 0 Å². The molecule has 0 bridgehead atoms. The molecule has 1 N–H and O–H groups in total. The van der Waals surface area contributed by atoms with Crippen LogP contribution in [0.5, 0.6) is 5.75 Å². The van der Waals surface area contributed by atoms with Crippen molar-refractivity contribution in [3.8, 4) is 5.75 Å². The molecule has 5 aliphatic rings. The van der Waals surface area contributed by atoms with Crippen molar-refractivity contribution in [2.45, 2.75) is 66.7 Å². The van der Waals surface area contributed by atoms with Crippen LogP contribution in [0.25, 0.3) is 0 Å². The molecule has 3 aliphatic carbocycles. The Morgan fingerprint density at radius 2 is 1.71 bits per heavy atom. The first-order valence-corrected chi connectivity index (χ1v) is 15.6. The van der Waals surface area contributed by atoms with Gasteiger partial charge in [0.1, 0.15) is 5.75 Å². The molecular weight excluding hydrogens is 663 g/mol. The fraction of sp³-hybridized carbons (Fsp3) is 0.556. The predicted octanol–water partition coefficient (Wildman–Crippen LogP) is 5.20. The van der Waals surface area contributed by atoms with E-state index in [0.717, 1.165) is 37.0 Å². The number of phenolic OH excluding ortho intramolecular Hbond substituents is 1. The Hall–Kier alpha value is -1.42. The second-order valence-electron chi connectivity index (χ2n) is 11.0. The zero-order valence-corrected chi connectivity index (χ0v) is 25.0. The summed E-state index contributed by atoms with van der Waals surface area (Å²) in [7, 11) is 0. The van der Waals surface area contributed by atoms with Crippen LogP contribution < -0.4 is 0 Å². The minimum Gasteiger partial charge on any atom is -0.508 e. The predicted molar refractivity (Wildman–Crippen MR) is 148 cm³/mol. The van der Waals surface area contributed by atoms with Crippen LogP contribution in [0.2, 0.25) is 0 Å². The number of allylic oxidation sites excluding steroid dienone is 2. The molecule has 202 valence electrons. The Labute approximate surface area is 247 Å². The van der Waals surface area contributed by atoms with Crippen LogP contribution in [0, 0.1) is 17.8 Å². The molecule has 2 saturated carbocycles. The molecule has 1 aromatic carbocycles. The SMILES string of the molecule is O=C1C2CC=C3C(CC4(Cl)C(=O)N(CBr)C(=O)C4(Cl)C3c3cc(Br)ccc3O)C2C(=O)N1C1CCCCC1. The highest BCUT2D eigenvalue weighted by Crippen LogP contribution is 2.66. The van der Waals surface area contributed by atoms with E-state index in [9.17, 15) is 24.3 Å². The van der Waals surface area contributed by atoms with Gasteiger partial charge in [0.2, 0.25) is 11.8 Å². The fourth-order valence-corrected chi connectivity index (χ4v) is 9.37. The highest BCUT2D eigenvalue weighted by molar-refractivity contribution is 9.10. The standard InChI is InChI=1S/C27H26Br2Cl2N2O5/c28-12-32-24(37)26(30)11-18-15(21(27(26,31)25(32)38)17-10-13(29)6-9-19(17)34)7-8-16-20(18)23(36)33(22(16)35)14-4-2-1-3-5-14/h6-7,9-10,14,16,18,20-21,34H,1-5,8,11-12H2. The quantitative estimate of drug-likeness (QED) is 0.204. The van der Waals surface area contributed by atoms with E-state index < -0.39 is 45.2 Å². The summed E-state index contributed by atoms with van der Waals surface area (Å²) in [5.41, 5.74) is 0.926. The number of hydrogen-bond acceptors (Lipinski definition) is 5. The number of hydrogen-bond donors (Lipinski definition) is 1. The minimum atomic E-state index is -1.93. The molecule has 38 heavy (non-hydrogen) atoms. The van der Waals surface area contributed by atoms with E-state index in [1.807, 2.05) is 6.08 Å². The molecule has 2 heterocycles. The molecule has 1 aromatic rings. The summed E-state index contributed by atoms with van der Waals surface area (Å²) in [6.45, 7) is 0. The third kappa shape index (κ3) is 3.43. The average Bonchev–Trinajstić information content (AvgIpc) is 3.24. The third-order valence-electron chi connectivity index (χ3n) is 9.29. The summed E-state index contributed by atoms with van der Waals surface area (Å²) in [5, 5.41) is 11.0. The molecule has 2 saturated heterocycles. The van der Waals surface area contributed by atoms with Crippen LogP contribution >= 0.6 is 55.1 Å². The first-order valence-electron chi connectivity index (χ1n) is 12.9. The van der Waals surface area contributed by atoms with E-state index >= 15 is 0 Å². The lowest BCUT2D eigenvalue weighted by molar-refractivity contribution is -0.144. The van der Waals surface area contributed by atoms with E-state index in [0.29, 0.717) is 22.0 Å². The molecule has 0 aromatic heterocycles. The maximum atomic E-state index is 14.0. The number of benzene rings is 1. The number of rotatable bonds is 3. The number of carbonyl (C=O) groups excluding carboxylic acids is 4. The second kappa shape index (κ2) is 9.32. The Morgan fingerprint density at radius 3 is 2.39 bits per heavy atom. The molecule has 7 nitrogen and oxygen atoms in total. The van der Waals surface area contributed by atoms with Crippen molar-refractivity contribution in [1.29, 1.82) is 0 Å². The van der Waals surface area contributed by atoms with E-state index in [-0.39, 0.29) is 35.5 Å². The normalized spacial score (nSPS) is 37.3. The van der Waals surface area contributed by atoms with Gasteiger partial charge in [-0.05, 0) is 49.8 Å². The van der Waals surface area contributed by atoms with Gasteiger partial charge in [0.25, 0.3) is 11.8 Å². The number of nitrogens with zero attached hydrogens (tertiary/aromatic N) is 2. The van der Waals surface area contributed by atoms with Crippen molar-refractivity contribution in [3.05, 3.63) is 39.9 Å². The topological polar surface area (TPSA) is 95.0 Å². The molecule has 0 radical (unpaired) electrons. The van der Waals surface area contributed by atoms with Gasteiger partial charge in [0.05, 0.1) is 17.3 Å². The van der Waals surface area contributed by atoms with Gasteiger partial charge in [-0.25, -0.2) is 0 Å². The Balaban J connectivity index is 1.51. The number of imide groups is 2. The van der Waals surface area contributed by atoms with Gasteiger partial charge in [0.15, 0.2) is 9.75 Å². The number of halogens is 4. The van der Waals surface area contributed by atoms with Crippen molar-refractivity contribution in [3.63, 3.8) is 0 Å². The molecule has 6 unspecified atom stereocenters. The summed E-state index contributed by atoms with van der Waals surface area (Å²) >= 11 is 21.1. The zero-order valence-electron chi connectivity index (χ0n) is 20.3.